The van der Waals surface area contributed by atoms with Crippen LogP contribution in [0.25, 0.3) is 0 Å². The first-order chi connectivity index (χ1) is 12.0. The lowest BCUT2D eigenvalue weighted by molar-refractivity contribution is -0.138. The molecule has 1 fully saturated rings. The Bertz CT molecular complexity index is 314. The van der Waals surface area contributed by atoms with Gasteiger partial charge in [0.25, 0.3) is 0 Å². The number of aliphatic hydroxyl groups is 2. The zero-order valence-corrected chi connectivity index (χ0v) is 15.1. The number of aliphatic carboxylic acids is 2. The van der Waals surface area contributed by atoms with Gasteiger partial charge in [-0.1, -0.05) is 19.3 Å². The van der Waals surface area contributed by atoms with Crippen LogP contribution in [0.2, 0.25) is 0 Å². The number of unbranched alkanes of at least 4 members (excludes halogenated alkanes) is 4. The number of carboxylic acids is 2. The number of carbonyl (C=O) groups is 2. The Morgan fingerprint density at radius 1 is 0.640 bits per heavy atom. The van der Waals surface area contributed by atoms with E-state index in [0.717, 1.165) is 58.5 Å². The first-order valence-electron chi connectivity index (χ1n) is 9.09. The van der Waals surface area contributed by atoms with Crippen LogP contribution in [0, 0.1) is 0 Å². The summed E-state index contributed by atoms with van der Waals surface area (Å²) in [5.41, 5.74) is 0. The summed E-state index contributed by atoms with van der Waals surface area (Å²) in [5, 5.41) is 34.0. The predicted octanol–water partition coefficient (Wildman–Crippen LogP) is 0.475. The van der Waals surface area contributed by atoms with Crippen LogP contribution in [-0.2, 0) is 9.59 Å². The summed E-state index contributed by atoms with van der Waals surface area (Å²) in [5.74, 6) is -1.52. The van der Waals surface area contributed by atoms with E-state index in [0.29, 0.717) is 12.8 Å². The van der Waals surface area contributed by atoms with Crippen LogP contribution < -0.4 is 0 Å². The van der Waals surface area contributed by atoms with Gasteiger partial charge in [0.1, 0.15) is 0 Å². The van der Waals surface area contributed by atoms with Crippen molar-refractivity contribution in [2.24, 2.45) is 0 Å². The van der Waals surface area contributed by atoms with Crippen molar-refractivity contribution in [3.63, 3.8) is 0 Å². The van der Waals surface area contributed by atoms with Gasteiger partial charge in [-0.05, 0) is 12.8 Å². The second-order valence-electron chi connectivity index (χ2n) is 6.19. The Balaban J connectivity index is 0.000000462. The molecule has 1 heterocycles. The van der Waals surface area contributed by atoms with Crippen molar-refractivity contribution in [1.29, 1.82) is 0 Å². The molecule has 0 saturated carbocycles. The van der Waals surface area contributed by atoms with Gasteiger partial charge in [-0.15, -0.1) is 0 Å². The number of rotatable bonds is 12. The number of hydrogen-bond acceptors (Lipinski definition) is 6. The van der Waals surface area contributed by atoms with Crippen molar-refractivity contribution in [3.8, 4) is 0 Å². The molecule has 0 amide bonds. The average molecular weight is 362 g/mol. The van der Waals surface area contributed by atoms with E-state index < -0.39 is 11.9 Å². The second kappa shape index (κ2) is 16.3. The van der Waals surface area contributed by atoms with Crippen LogP contribution in [0.15, 0.2) is 0 Å². The average Bonchev–Trinajstić information content (AvgIpc) is 2.56. The van der Waals surface area contributed by atoms with Gasteiger partial charge in [0, 0.05) is 52.1 Å². The van der Waals surface area contributed by atoms with Gasteiger partial charge < -0.3 is 20.4 Å². The molecule has 4 N–H and O–H groups in total. The van der Waals surface area contributed by atoms with Crippen LogP contribution >= 0.6 is 0 Å². The minimum Gasteiger partial charge on any atom is -0.481 e. The molecule has 148 valence electrons. The van der Waals surface area contributed by atoms with Gasteiger partial charge in [0.15, 0.2) is 0 Å². The molecule has 0 aromatic carbocycles. The van der Waals surface area contributed by atoms with Crippen LogP contribution in [0.1, 0.15) is 44.9 Å². The molecule has 1 rings (SSSR count). The second-order valence-corrected chi connectivity index (χ2v) is 6.19. The number of β-amino-alcohol motifs (C(OH)–C–C–N with tert-alkyl or cyclic N) is 2. The normalized spacial score (nSPS) is 15.4. The molecule has 0 aliphatic carbocycles. The van der Waals surface area contributed by atoms with Gasteiger partial charge >= 0.3 is 11.9 Å². The summed E-state index contributed by atoms with van der Waals surface area (Å²) < 4.78 is 0. The first kappa shape index (κ1) is 23.8. The summed E-state index contributed by atoms with van der Waals surface area (Å²) in [7, 11) is 0. The van der Waals surface area contributed by atoms with Gasteiger partial charge in [-0.25, -0.2) is 0 Å². The van der Waals surface area contributed by atoms with Crippen LogP contribution in [0.5, 0.6) is 0 Å². The third-order valence-corrected chi connectivity index (χ3v) is 4.08. The molecule has 1 aliphatic heterocycles. The highest BCUT2D eigenvalue weighted by Crippen LogP contribution is 2.06. The summed E-state index contributed by atoms with van der Waals surface area (Å²) in [4.78, 5) is 24.7. The van der Waals surface area contributed by atoms with Crippen LogP contribution in [-0.4, -0.2) is 94.6 Å². The Morgan fingerprint density at radius 3 is 1.24 bits per heavy atom. The number of aliphatic hydroxyl groups excluding tert-OH is 2. The van der Waals surface area contributed by atoms with Crippen molar-refractivity contribution in [2.75, 3.05) is 52.5 Å². The van der Waals surface area contributed by atoms with Crippen LogP contribution in [0.4, 0.5) is 0 Å². The summed E-state index contributed by atoms with van der Waals surface area (Å²) >= 11 is 0. The van der Waals surface area contributed by atoms with Crippen molar-refractivity contribution in [2.45, 2.75) is 44.9 Å². The van der Waals surface area contributed by atoms with E-state index in [9.17, 15) is 9.59 Å². The molecule has 0 aromatic heterocycles. The molecule has 0 bridgehead atoms. The lowest BCUT2D eigenvalue weighted by Gasteiger charge is -2.33. The molecule has 8 nitrogen and oxygen atoms in total. The standard InChI is InChI=1S/C9H16O4.C8H18N2O2/c10-8(11)6-4-2-1-3-5-7-9(12)13;11-7-5-9-1-2-10(4-3-9)6-8-12/h1-7H2,(H,10,11)(H,12,13);11-12H,1-8H2. The Hall–Kier alpha value is -1.22. The third-order valence-electron chi connectivity index (χ3n) is 4.08. The van der Waals surface area contributed by atoms with E-state index in [1.54, 1.807) is 0 Å². The fourth-order valence-electron chi connectivity index (χ4n) is 2.60. The molecule has 1 saturated heterocycles. The van der Waals surface area contributed by atoms with Crippen molar-refractivity contribution < 1.29 is 30.0 Å². The highest BCUT2D eigenvalue weighted by molar-refractivity contribution is 5.66. The van der Waals surface area contributed by atoms with E-state index in [-0.39, 0.29) is 26.1 Å². The smallest absolute Gasteiger partial charge is 0.303 e. The first-order valence-corrected chi connectivity index (χ1v) is 9.09. The maximum Gasteiger partial charge on any atom is 0.303 e. The van der Waals surface area contributed by atoms with Crippen molar-refractivity contribution in [3.05, 3.63) is 0 Å². The van der Waals surface area contributed by atoms with E-state index >= 15 is 0 Å². The zero-order chi connectivity index (χ0) is 18.9. The number of nitrogens with zero attached hydrogens (tertiary/aromatic N) is 2. The highest BCUT2D eigenvalue weighted by atomic mass is 16.4. The van der Waals surface area contributed by atoms with Crippen LogP contribution in [0.3, 0.4) is 0 Å². The number of carboxylic acid groups (broad SMARTS) is 2. The third kappa shape index (κ3) is 16.0. The molecule has 0 spiro atoms. The topological polar surface area (TPSA) is 122 Å². The fourth-order valence-corrected chi connectivity index (χ4v) is 2.60. The predicted molar refractivity (Wildman–Crippen MR) is 94.6 cm³/mol. The molecular formula is C17H34N2O6. The minimum absolute atomic E-state index is 0.221. The minimum atomic E-state index is -0.759. The lowest BCUT2D eigenvalue weighted by atomic mass is 10.1. The number of hydrogen-bond donors (Lipinski definition) is 4. The molecule has 25 heavy (non-hydrogen) atoms. The Morgan fingerprint density at radius 2 is 0.960 bits per heavy atom. The SMILES string of the molecule is O=C(O)CCCCCCCC(=O)O.OCCN1CCN(CCO)CC1. The zero-order valence-electron chi connectivity index (χ0n) is 15.1. The van der Waals surface area contributed by atoms with Crippen molar-refractivity contribution in [1.82, 2.24) is 9.80 Å². The quantitative estimate of drug-likeness (QED) is 0.370. The van der Waals surface area contributed by atoms with E-state index in [4.69, 9.17) is 20.4 Å². The van der Waals surface area contributed by atoms with E-state index in [1.165, 1.54) is 0 Å². The van der Waals surface area contributed by atoms with Gasteiger partial charge in [-0.3, -0.25) is 19.4 Å². The molecule has 1 aliphatic rings. The van der Waals surface area contributed by atoms with Crippen molar-refractivity contribution >= 4 is 11.9 Å². The Labute approximate surface area is 150 Å². The molecule has 0 aromatic rings. The van der Waals surface area contributed by atoms with E-state index in [2.05, 4.69) is 9.80 Å². The fraction of sp³-hybridized carbons (Fsp3) is 0.882. The summed E-state index contributed by atoms with van der Waals surface area (Å²) in [6.45, 7) is 6.13. The Kier molecular flexibility index (Phi) is 15.5. The summed E-state index contributed by atoms with van der Waals surface area (Å²) in [6.07, 6.45) is 4.53. The molecule has 0 atom stereocenters. The lowest BCUT2D eigenvalue weighted by Crippen LogP contribution is -2.47. The van der Waals surface area contributed by atoms with Gasteiger partial charge in [0.2, 0.25) is 0 Å². The largest absolute Gasteiger partial charge is 0.481 e. The highest BCUT2D eigenvalue weighted by Gasteiger charge is 2.14. The molecule has 0 unspecified atom stereocenters. The number of piperazine rings is 1. The maximum atomic E-state index is 10.1. The van der Waals surface area contributed by atoms with E-state index in [1.807, 2.05) is 0 Å². The molecule has 8 heteroatoms. The molecule has 0 radical (unpaired) electrons. The van der Waals surface area contributed by atoms with Gasteiger partial charge in [0.05, 0.1) is 13.2 Å². The maximum absolute atomic E-state index is 10.1. The monoisotopic (exact) mass is 362 g/mol. The summed E-state index contributed by atoms with van der Waals surface area (Å²) in [6, 6.07) is 0. The van der Waals surface area contributed by atoms with Gasteiger partial charge in [-0.2, -0.15) is 0 Å². The molecular weight excluding hydrogens is 328 g/mol.